The van der Waals surface area contributed by atoms with Crippen molar-refractivity contribution in [2.45, 2.75) is 77.2 Å². The summed E-state index contributed by atoms with van der Waals surface area (Å²) in [5, 5.41) is 0. The zero-order valence-corrected chi connectivity index (χ0v) is 16.5. The van der Waals surface area contributed by atoms with Crippen LogP contribution in [0.3, 0.4) is 0 Å². The quantitative estimate of drug-likeness (QED) is 0.373. The van der Waals surface area contributed by atoms with E-state index in [1.165, 1.54) is 67.1 Å². The van der Waals surface area contributed by atoms with E-state index in [4.69, 9.17) is 5.73 Å². The summed E-state index contributed by atoms with van der Waals surface area (Å²) < 4.78 is 2.33. The zero-order chi connectivity index (χ0) is 14.8. The minimum atomic E-state index is 0.177. The molecule has 4 heteroatoms. The van der Waals surface area contributed by atoms with Crippen molar-refractivity contribution in [3.8, 4) is 0 Å². The molecular formula is C16H27Br2NS. The van der Waals surface area contributed by atoms with Crippen LogP contribution in [-0.4, -0.2) is 0 Å². The van der Waals surface area contributed by atoms with Crippen LogP contribution >= 0.6 is 43.2 Å². The highest BCUT2D eigenvalue weighted by molar-refractivity contribution is 9.12. The van der Waals surface area contributed by atoms with Gasteiger partial charge in [-0.1, -0.05) is 64.7 Å². The Hall–Kier alpha value is 0.620. The van der Waals surface area contributed by atoms with Crippen LogP contribution in [0, 0.1) is 0 Å². The zero-order valence-electron chi connectivity index (χ0n) is 12.5. The van der Waals surface area contributed by atoms with Crippen molar-refractivity contribution in [3.63, 3.8) is 0 Å². The van der Waals surface area contributed by atoms with E-state index >= 15 is 0 Å². The first kappa shape index (κ1) is 18.7. The Labute approximate surface area is 145 Å². The maximum Gasteiger partial charge on any atom is 0.0758 e. The van der Waals surface area contributed by atoms with E-state index in [1.54, 1.807) is 11.3 Å². The summed E-state index contributed by atoms with van der Waals surface area (Å²) in [4.78, 5) is 0. The van der Waals surface area contributed by atoms with Gasteiger partial charge in [-0.15, -0.1) is 11.3 Å². The Bertz CT molecular complexity index is 365. The summed E-state index contributed by atoms with van der Waals surface area (Å²) in [7, 11) is 0. The average Bonchev–Trinajstić information content (AvgIpc) is 2.75. The minimum Gasteiger partial charge on any atom is -0.324 e. The summed E-state index contributed by atoms with van der Waals surface area (Å²) in [5.41, 5.74) is 7.51. The maximum atomic E-state index is 6.26. The van der Waals surface area contributed by atoms with Crippen molar-refractivity contribution in [1.29, 1.82) is 0 Å². The third kappa shape index (κ3) is 7.58. The van der Waals surface area contributed by atoms with Crippen LogP contribution in [0.2, 0.25) is 0 Å². The van der Waals surface area contributed by atoms with Gasteiger partial charge in [-0.3, -0.25) is 0 Å². The van der Waals surface area contributed by atoms with Crippen molar-refractivity contribution in [2.75, 3.05) is 0 Å². The Morgan fingerprint density at radius 2 is 1.55 bits per heavy atom. The molecule has 0 bridgehead atoms. The number of halogens is 2. The van der Waals surface area contributed by atoms with Crippen LogP contribution in [0.5, 0.6) is 0 Å². The number of nitrogens with two attached hydrogens (primary N) is 1. The molecule has 0 spiro atoms. The third-order valence-corrected chi connectivity index (χ3v) is 6.09. The molecule has 0 aromatic carbocycles. The second kappa shape index (κ2) is 11.2. The molecule has 0 saturated carbocycles. The number of rotatable bonds is 11. The molecule has 20 heavy (non-hydrogen) atoms. The molecular weight excluding hydrogens is 398 g/mol. The number of hydrogen-bond donors (Lipinski definition) is 1. The number of hydrogen-bond acceptors (Lipinski definition) is 2. The van der Waals surface area contributed by atoms with Crippen LogP contribution in [0.1, 0.15) is 82.7 Å². The highest BCUT2D eigenvalue weighted by Crippen LogP contribution is 2.36. The molecule has 1 rings (SSSR count). The molecule has 2 N–H and O–H groups in total. The molecule has 1 heterocycles. The molecule has 0 radical (unpaired) electrons. The number of thiophene rings is 1. The molecule has 1 aromatic rings. The van der Waals surface area contributed by atoms with E-state index in [0.29, 0.717) is 0 Å². The third-order valence-electron chi connectivity index (χ3n) is 3.70. The average molecular weight is 425 g/mol. The van der Waals surface area contributed by atoms with Crippen LogP contribution in [0.4, 0.5) is 0 Å². The van der Waals surface area contributed by atoms with Gasteiger partial charge < -0.3 is 5.73 Å². The fourth-order valence-corrected chi connectivity index (χ4v) is 5.44. The predicted molar refractivity (Wildman–Crippen MR) is 98.5 cm³/mol. The van der Waals surface area contributed by atoms with Gasteiger partial charge in [-0.05, 0) is 49.9 Å². The minimum absolute atomic E-state index is 0.177. The Kier molecular flexibility index (Phi) is 10.5. The van der Waals surface area contributed by atoms with Crippen LogP contribution in [-0.2, 0) is 0 Å². The topological polar surface area (TPSA) is 26.0 Å². The first-order chi connectivity index (χ1) is 9.65. The van der Waals surface area contributed by atoms with Crippen LogP contribution < -0.4 is 5.73 Å². The highest BCUT2D eigenvalue weighted by Gasteiger charge is 2.12. The molecule has 1 aromatic heterocycles. The van der Waals surface area contributed by atoms with Gasteiger partial charge in [-0.2, -0.15) is 0 Å². The highest BCUT2D eigenvalue weighted by atomic mass is 79.9. The van der Waals surface area contributed by atoms with E-state index in [9.17, 15) is 0 Å². The Morgan fingerprint density at radius 3 is 2.05 bits per heavy atom. The summed E-state index contributed by atoms with van der Waals surface area (Å²) in [6.07, 6.45) is 13.4. The summed E-state index contributed by atoms with van der Waals surface area (Å²) in [6, 6.07) is 2.32. The van der Waals surface area contributed by atoms with Gasteiger partial charge in [0.05, 0.1) is 7.57 Å². The van der Waals surface area contributed by atoms with Crippen molar-refractivity contribution in [1.82, 2.24) is 0 Å². The lowest BCUT2D eigenvalue weighted by molar-refractivity contribution is 0.532. The molecule has 0 amide bonds. The van der Waals surface area contributed by atoms with Crippen LogP contribution in [0.25, 0.3) is 0 Å². The molecule has 1 nitrogen and oxygen atoms in total. The molecule has 0 aliphatic carbocycles. The van der Waals surface area contributed by atoms with E-state index < -0.39 is 0 Å². The maximum absolute atomic E-state index is 6.26. The summed E-state index contributed by atoms with van der Waals surface area (Å²) in [6.45, 7) is 2.27. The standard InChI is InChI=1S/C16H27Br2NS/c1-2-3-4-5-6-7-8-9-10-11-14(19)13-12-15(17)20-16(13)18/h12,14H,2-11,19H2,1H3. The van der Waals surface area contributed by atoms with Crippen LogP contribution in [0.15, 0.2) is 13.6 Å². The van der Waals surface area contributed by atoms with Gasteiger partial charge >= 0.3 is 0 Å². The van der Waals surface area contributed by atoms with Crippen molar-refractivity contribution in [3.05, 3.63) is 19.2 Å². The molecule has 0 saturated heterocycles. The van der Waals surface area contributed by atoms with Gasteiger partial charge in [-0.25, -0.2) is 0 Å². The second-order valence-corrected chi connectivity index (χ2v) is 9.25. The van der Waals surface area contributed by atoms with Gasteiger partial charge in [0.2, 0.25) is 0 Å². The van der Waals surface area contributed by atoms with E-state index in [1.807, 2.05) is 0 Å². The monoisotopic (exact) mass is 423 g/mol. The van der Waals surface area contributed by atoms with Gasteiger partial charge in [0.15, 0.2) is 0 Å². The Balaban J connectivity index is 2.02. The summed E-state index contributed by atoms with van der Waals surface area (Å²) >= 11 is 8.81. The Morgan fingerprint density at radius 1 is 1.00 bits per heavy atom. The first-order valence-electron chi connectivity index (χ1n) is 7.85. The van der Waals surface area contributed by atoms with Crippen molar-refractivity contribution in [2.24, 2.45) is 5.73 Å². The SMILES string of the molecule is CCCCCCCCCCCC(N)c1cc(Br)sc1Br. The molecule has 0 fully saturated rings. The van der Waals surface area contributed by atoms with Gasteiger partial charge in [0.1, 0.15) is 0 Å². The lowest BCUT2D eigenvalue weighted by Crippen LogP contribution is -2.09. The van der Waals surface area contributed by atoms with E-state index in [-0.39, 0.29) is 6.04 Å². The second-order valence-electron chi connectivity index (χ2n) is 5.50. The van der Waals surface area contributed by atoms with E-state index in [0.717, 1.165) is 10.2 Å². The first-order valence-corrected chi connectivity index (χ1v) is 10.3. The van der Waals surface area contributed by atoms with Crippen molar-refractivity contribution >= 4 is 43.2 Å². The lowest BCUT2D eigenvalue weighted by atomic mass is 10.0. The van der Waals surface area contributed by atoms with E-state index in [2.05, 4.69) is 44.8 Å². The predicted octanol–water partition coefficient (Wildman–Crippen LogP) is 7.19. The largest absolute Gasteiger partial charge is 0.324 e. The smallest absolute Gasteiger partial charge is 0.0758 e. The van der Waals surface area contributed by atoms with Gasteiger partial charge in [0, 0.05) is 6.04 Å². The molecule has 0 aliphatic heterocycles. The fourth-order valence-electron chi connectivity index (χ4n) is 2.44. The molecule has 0 aliphatic rings. The molecule has 1 atom stereocenters. The summed E-state index contributed by atoms with van der Waals surface area (Å²) in [5.74, 6) is 0. The molecule has 1 unspecified atom stereocenters. The molecule has 116 valence electrons. The lowest BCUT2D eigenvalue weighted by Gasteiger charge is -2.10. The fraction of sp³-hybridized carbons (Fsp3) is 0.750. The van der Waals surface area contributed by atoms with Crippen molar-refractivity contribution < 1.29 is 0 Å². The number of unbranched alkanes of at least 4 members (excludes halogenated alkanes) is 8. The van der Waals surface area contributed by atoms with Gasteiger partial charge in [0.25, 0.3) is 0 Å². The normalized spacial score (nSPS) is 12.8.